The smallest absolute Gasteiger partial charge is 0.324 e. The van der Waals surface area contributed by atoms with Crippen molar-refractivity contribution in [1.82, 2.24) is 28.7 Å². The van der Waals surface area contributed by atoms with Crippen LogP contribution in [0.1, 0.15) is 0 Å². The molecule has 0 aliphatic heterocycles. The summed E-state index contributed by atoms with van der Waals surface area (Å²) in [4.78, 5) is 48.0. The highest BCUT2D eigenvalue weighted by molar-refractivity contribution is 5.91. The number of aryl methyl sites for hydroxylation is 1. The number of hydrogen-bond donors (Lipinski definition) is 2. The Morgan fingerprint density at radius 3 is 2.73 bits per heavy atom. The number of hydrogen-bond acceptors (Lipinski definition) is 5. The van der Waals surface area contributed by atoms with Crippen LogP contribution in [0.15, 0.2) is 40.2 Å². The van der Waals surface area contributed by atoms with Crippen molar-refractivity contribution in [3.05, 3.63) is 51.4 Å². The fourth-order valence-corrected chi connectivity index (χ4v) is 2.86. The number of aromatic amines is 1. The van der Waals surface area contributed by atoms with E-state index in [2.05, 4.69) is 20.3 Å². The lowest BCUT2D eigenvalue weighted by Crippen LogP contribution is -2.37. The highest BCUT2D eigenvalue weighted by Crippen LogP contribution is 2.13. The summed E-state index contributed by atoms with van der Waals surface area (Å²) in [5, 5.41) is 2.66. The molecule has 0 bridgehead atoms. The SMILES string of the molecule is Cn1c(=O)c2c(ncn2CC(=O)Nc2nc3ccccc3[nH]2)n(C)c1=O. The zero-order chi connectivity index (χ0) is 18.4. The first kappa shape index (κ1) is 15.8. The van der Waals surface area contributed by atoms with Gasteiger partial charge in [0.2, 0.25) is 11.9 Å². The minimum absolute atomic E-state index is 0.138. The van der Waals surface area contributed by atoms with Gasteiger partial charge in [0.1, 0.15) is 6.54 Å². The van der Waals surface area contributed by atoms with Crippen molar-refractivity contribution in [1.29, 1.82) is 0 Å². The Kier molecular flexibility index (Phi) is 3.46. The van der Waals surface area contributed by atoms with E-state index in [1.54, 1.807) is 0 Å². The Bertz CT molecular complexity index is 1240. The number of carbonyl (C=O) groups is 1. The van der Waals surface area contributed by atoms with Crippen molar-refractivity contribution < 1.29 is 4.79 Å². The van der Waals surface area contributed by atoms with E-state index in [-0.39, 0.29) is 23.6 Å². The molecule has 3 aromatic heterocycles. The molecule has 0 spiro atoms. The van der Waals surface area contributed by atoms with Crippen molar-refractivity contribution >= 4 is 34.1 Å². The molecule has 26 heavy (non-hydrogen) atoms. The van der Waals surface area contributed by atoms with E-state index in [0.717, 1.165) is 15.6 Å². The van der Waals surface area contributed by atoms with E-state index < -0.39 is 11.2 Å². The molecule has 0 unspecified atom stereocenters. The molecule has 0 atom stereocenters. The van der Waals surface area contributed by atoms with Crippen LogP contribution in [0.5, 0.6) is 0 Å². The molecule has 3 heterocycles. The summed E-state index contributed by atoms with van der Waals surface area (Å²) in [6.45, 7) is -0.138. The van der Waals surface area contributed by atoms with Crippen LogP contribution in [0, 0.1) is 0 Å². The van der Waals surface area contributed by atoms with Crippen molar-refractivity contribution in [2.45, 2.75) is 6.54 Å². The van der Waals surface area contributed by atoms with Crippen molar-refractivity contribution in [2.75, 3.05) is 5.32 Å². The van der Waals surface area contributed by atoms with Crippen LogP contribution in [-0.2, 0) is 25.4 Å². The quantitative estimate of drug-likeness (QED) is 0.535. The molecule has 0 aliphatic carbocycles. The maximum atomic E-state index is 12.4. The average Bonchev–Trinajstić information content (AvgIpc) is 3.21. The number of nitrogens with one attached hydrogen (secondary N) is 2. The molecule has 4 rings (SSSR count). The summed E-state index contributed by atoms with van der Waals surface area (Å²) in [7, 11) is 2.91. The van der Waals surface area contributed by atoms with Gasteiger partial charge >= 0.3 is 5.69 Å². The van der Waals surface area contributed by atoms with E-state index in [1.807, 2.05) is 24.3 Å². The first-order valence-corrected chi connectivity index (χ1v) is 7.81. The van der Waals surface area contributed by atoms with Crippen molar-refractivity contribution in [3.8, 4) is 0 Å². The minimum atomic E-state index is -0.503. The summed E-state index contributed by atoms with van der Waals surface area (Å²) < 4.78 is 3.66. The lowest BCUT2D eigenvalue weighted by Gasteiger charge is -2.06. The number of imidazole rings is 2. The first-order valence-electron chi connectivity index (χ1n) is 7.81. The normalized spacial score (nSPS) is 11.3. The van der Waals surface area contributed by atoms with Crippen LogP contribution >= 0.6 is 0 Å². The van der Waals surface area contributed by atoms with Gasteiger partial charge in [-0.25, -0.2) is 14.8 Å². The standard InChI is InChI=1S/C16H15N7O3/c1-21-13-12(14(25)22(2)16(21)26)23(8-17-13)7-11(24)20-15-18-9-5-3-4-6-10(9)19-15/h3-6,8H,7H2,1-2H3,(H2,18,19,20,24). The van der Waals surface area contributed by atoms with Gasteiger partial charge in [-0.15, -0.1) is 0 Å². The molecule has 132 valence electrons. The van der Waals surface area contributed by atoms with Crippen molar-refractivity contribution in [2.24, 2.45) is 14.1 Å². The topological polar surface area (TPSA) is 120 Å². The van der Waals surface area contributed by atoms with Gasteiger partial charge in [-0.1, -0.05) is 12.1 Å². The molecular weight excluding hydrogens is 338 g/mol. The summed E-state index contributed by atoms with van der Waals surface area (Å²) in [5.41, 5.74) is 0.986. The van der Waals surface area contributed by atoms with E-state index in [1.165, 1.54) is 29.6 Å². The number of aromatic nitrogens is 6. The van der Waals surface area contributed by atoms with Gasteiger partial charge in [-0.3, -0.25) is 24.0 Å². The van der Waals surface area contributed by atoms with Crippen LogP contribution in [0.3, 0.4) is 0 Å². The highest BCUT2D eigenvalue weighted by atomic mass is 16.2. The Morgan fingerprint density at radius 2 is 1.96 bits per heavy atom. The second kappa shape index (κ2) is 5.69. The fraction of sp³-hybridized carbons (Fsp3) is 0.188. The van der Waals surface area contributed by atoms with Gasteiger partial charge in [0, 0.05) is 14.1 Å². The summed E-state index contributed by atoms with van der Waals surface area (Å²) in [5.74, 6) is -0.0554. The largest absolute Gasteiger partial charge is 0.332 e. The van der Waals surface area contributed by atoms with Crippen LogP contribution < -0.4 is 16.6 Å². The second-order valence-corrected chi connectivity index (χ2v) is 5.90. The van der Waals surface area contributed by atoms with Crippen LogP contribution in [-0.4, -0.2) is 34.6 Å². The maximum absolute atomic E-state index is 12.4. The lowest BCUT2D eigenvalue weighted by atomic mass is 10.3. The summed E-state index contributed by atoms with van der Waals surface area (Å²) in [6, 6.07) is 7.40. The third-order valence-corrected chi connectivity index (χ3v) is 4.18. The molecule has 1 aromatic carbocycles. The minimum Gasteiger partial charge on any atom is -0.324 e. The van der Waals surface area contributed by atoms with Gasteiger partial charge in [0.25, 0.3) is 5.56 Å². The first-order chi connectivity index (χ1) is 12.5. The maximum Gasteiger partial charge on any atom is 0.332 e. The number of anilines is 1. The Hall–Kier alpha value is -3.69. The van der Waals surface area contributed by atoms with Crippen LogP contribution in [0.2, 0.25) is 0 Å². The number of fused-ring (bicyclic) bond motifs is 2. The Morgan fingerprint density at radius 1 is 1.19 bits per heavy atom. The molecule has 0 fully saturated rings. The van der Waals surface area contributed by atoms with E-state index in [4.69, 9.17) is 0 Å². The van der Waals surface area contributed by atoms with Gasteiger partial charge in [-0.2, -0.15) is 0 Å². The third kappa shape index (κ3) is 2.39. The molecule has 2 N–H and O–H groups in total. The number of para-hydroxylation sites is 2. The van der Waals surface area contributed by atoms with Gasteiger partial charge < -0.3 is 9.55 Å². The van der Waals surface area contributed by atoms with Gasteiger partial charge in [-0.05, 0) is 12.1 Å². The van der Waals surface area contributed by atoms with E-state index in [9.17, 15) is 14.4 Å². The molecule has 10 nitrogen and oxygen atoms in total. The highest BCUT2D eigenvalue weighted by Gasteiger charge is 2.16. The third-order valence-electron chi connectivity index (χ3n) is 4.18. The lowest BCUT2D eigenvalue weighted by molar-refractivity contribution is -0.116. The predicted molar refractivity (Wildman–Crippen MR) is 94.9 cm³/mol. The molecule has 0 aliphatic rings. The van der Waals surface area contributed by atoms with E-state index >= 15 is 0 Å². The van der Waals surface area contributed by atoms with E-state index in [0.29, 0.717) is 5.95 Å². The van der Waals surface area contributed by atoms with Crippen molar-refractivity contribution in [3.63, 3.8) is 0 Å². The summed E-state index contributed by atoms with van der Waals surface area (Å²) in [6.07, 6.45) is 1.36. The number of H-pyrrole nitrogens is 1. The number of rotatable bonds is 3. The predicted octanol–water partition coefficient (Wildman–Crippen LogP) is -0.0513. The molecule has 0 radical (unpaired) electrons. The van der Waals surface area contributed by atoms with Gasteiger partial charge in [0.15, 0.2) is 11.2 Å². The summed E-state index contributed by atoms with van der Waals surface area (Å²) >= 11 is 0. The fourth-order valence-electron chi connectivity index (χ4n) is 2.86. The number of carbonyl (C=O) groups excluding carboxylic acids is 1. The number of nitrogens with zero attached hydrogens (tertiary/aromatic N) is 5. The number of amides is 1. The second-order valence-electron chi connectivity index (χ2n) is 5.90. The van der Waals surface area contributed by atoms with Crippen LogP contribution in [0.25, 0.3) is 22.2 Å². The molecule has 4 aromatic rings. The number of benzene rings is 1. The van der Waals surface area contributed by atoms with Gasteiger partial charge in [0.05, 0.1) is 17.4 Å². The zero-order valence-electron chi connectivity index (χ0n) is 14.1. The van der Waals surface area contributed by atoms with Crippen LogP contribution in [0.4, 0.5) is 5.95 Å². The molecule has 0 saturated carbocycles. The molecule has 10 heteroatoms. The zero-order valence-corrected chi connectivity index (χ0v) is 14.1. The molecular formula is C16H15N7O3. The average molecular weight is 353 g/mol. The molecule has 1 amide bonds. The Balaban J connectivity index is 1.66. The Labute approximate surface area is 145 Å². The monoisotopic (exact) mass is 353 g/mol. The molecule has 0 saturated heterocycles.